The molecule has 4 rings (SSSR count). The summed E-state index contributed by atoms with van der Waals surface area (Å²) in [5.74, 6) is 0.0484. The molecule has 0 unspecified atom stereocenters. The molecule has 0 aliphatic rings. The number of fused-ring (bicyclic) bond motifs is 1. The molecule has 4 aromatic rings. The average Bonchev–Trinajstić information content (AvgIpc) is 3.23. The Balaban J connectivity index is 1.86. The van der Waals surface area contributed by atoms with Crippen LogP contribution in [0.15, 0.2) is 54.9 Å². The van der Waals surface area contributed by atoms with Gasteiger partial charge in [-0.2, -0.15) is 0 Å². The molecule has 1 aromatic carbocycles. The number of nitrogens with zero attached hydrogens (tertiary/aromatic N) is 2. The van der Waals surface area contributed by atoms with E-state index in [4.69, 9.17) is 16.3 Å². The highest BCUT2D eigenvalue weighted by Gasteiger charge is 2.23. The first kappa shape index (κ1) is 16.8. The Hall–Kier alpha value is -2.63. The second-order valence-corrected chi connectivity index (χ2v) is 7.41. The van der Waals surface area contributed by atoms with Crippen LogP contribution in [0.5, 0.6) is 5.75 Å². The van der Waals surface area contributed by atoms with Gasteiger partial charge in [0.15, 0.2) is 0 Å². The molecular weight excluding hydrogens is 368 g/mol. The predicted molar refractivity (Wildman–Crippen MR) is 105 cm³/mol. The second-order valence-electron chi connectivity index (χ2n) is 5.97. The number of carbonyl (C=O) groups is 1. The van der Waals surface area contributed by atoms with Gasteiger partial charge in [0.2, 0.25) is 0 Å². The first-order chi connectivity index (χ1) is 12.5. The van der Waals surface area contributed by atoms with Gasteiger partial charge in [-0.05, 0) is 61.9 Å². The Bertz CT molecular complexity index is 1100. The lowest BCUT2D eigenvalue weighted by Gasteiger charge is -2.08. The molecule has 0 saturated carbocycles. The van der Waals surface area contributed by atoms with Gasteiger partial charge in [-0.3, -0.25) is 0 Å². The number of aromatic nitrogens is 2. The normalized spacial score (nSPS) is 11.0. The summed E-state index contributed by atoms with van der Waals surface area (Å²) in [7, 11) is 0. The van der Waals surface area contributed by atoms with Gasteiger partial charge >= 0.3 is 5.97 Å². The third kappa shape index (κ3) is 3.00. The number of hydrogen-bond acceptors (Lipinski definition) is 4. The van der Waals surface area contributed by atoms with Crippen molar-refractivity contribution in [1.29, 1.82) is 0 Å². The third-order valence-electron chi connectivity index (χ3n) is 4.03. The molecule has 0 amide bonds. The molecule has 0 N–H and O–H groups in total. The van der Waals surface area contributed by atoms with E-state index in [2.05, 4.69) is 4.98 Å². The molecule has 0 radical (unpaired) electrons. The van der Waals surface area contributed by atoms with Crippen LogP contribution in [0.1, 0.15) is 20.9 Å². The molecule has 0 spiro atoms. The molecule has 6 heteroatoms. The highest BCUT2D eigenvalue weighted by molar-refractivity contribution is 7.21. The van der Waals surface area contributed by atoms with Crippen molar-refractivity contribution in [3.8, 4) is 11.4 Å². The summed E-state index contributed by atoms with van der Waals surface area (Å²) in [6.45, 7) is 3.98. The third-order valence-corrected chi connectivity index (χ3v) is 5.34. The second kappa shape index (κ2) is 6.59. The highest BCUT2D eigenvalue weighted by Crippen LogP contribution is 2.36. The summed E-state index contributed by atoms with van der Waals surface area (Å²) in [5, 5.41) is 1.56. The Morgan fingerprint density at radius 2 is 1.85 bits per heavy atom. The van der Waals surface area contributed by atoms with Gasteiger partial charge in [-0.25, -0.2) is 9.78 Å². The number of carbonyl (C=O) groups excluding carboxylic acids is 1. The number of pyridine rings is 1. The Morgan fingerprint density at radius 3 is 2.54 bits per heavy atom. The summed E-state index contributed by atoms with van der Waals surface area (Å²) in [5.41, 5.74) is 2.81. The van der Waals surface area contributed by atoms with Gasteiger partial charge in [0.05, 0.1) is 5.69 Å². The van der Waals surface area contributed by atoms with Crippen molar-refractivity contribution < 1.29 is 9.53 Å². The number of thiophene rings is 1. The smallest absolute Gasteiger partial charge is 0.355 e. The maximum absolute atomic E-state index is 12.9. The Morgan fingerprint density at radius 1 is 1.15 bits per heavy atom. The highest BCUT2D eigenvalue weighted by atomic mass is 35.5. The van der Waals surface area contributed by atoms with Crippen LogP contribution in [-0.2, 0) is 0 Å². The van der Waals surface area contributed by atoms with Gasteiger partial charge in [-0.1, -0.05) is 11.6 Å². The van der Waals surface area contributed by atoms with Crippen LogP contribution in [0.25, 0.3) is 15.9 Å². The molecule has 4 nitrogen and oxygen atoms in total. The minimum Gasteiger partial charge on any atom is -0.422 e. The van der Waals surface area contributed by atoms with E-state index in [9.17, 15) is 4.79 Å². The van der Waals surface area contributed by atoms with E-state index in [0.717, 1.165) is 27.2 Å². The number of ether oxygens (including phenoxy) is 1. The van der Waals surface area contributed by atoms with Crippen molar-refractivity contribution in [1.82, 2.24) is 9.55 Å². The monoisotopic (exact) mass is 382 g/mol. The molecule has 0 fully saturated rings. The van der Waals surface area contributed by atoms with Crippen LogP contribution in [-0.4, -0.2) is 15.5 Å². The van der Waals surface area contributed by atoms with Crippen LogP contribution in [0.3, 0.4) is 0 Å². The Labute approximate surface area is 159 Å². The topological polar surface area (TPSA) is 44.1 Å². The summed E-state index contributed by atoms with van der Waals surface area (Å²) < 4.78 is 7.50. The van der Waals surface area contributed by atoms with E-state index in [1.54, 1.807) is 24.3 Å². The van der Waals surface area contributed by atoms with Crippen LogP contribution in [0.4, 0.5) is 0 Å². The standard InChI is InChI=1S/C20H15ClN2O2S/c1-12-11-13(2)22-19-16(12)17(23-9-3-4-10-23)18(26-19)20(24)25-15-7-5-14(21)6-8-15/h3-11H,1-2H3. The molecule has 3 aromatic heterocycles. The number of benzene rings is 1. The largest absolute Gasteiger partial charge is 0.422 e. The van der Waals surface area contributed by atoms with Gasteiger partial charge in [0.25, 0.3) is 0 Å². The minimum atomic E-state index is -0.406. The number of esters is 1. The van der Waals surface area contributed by atoms with E-state index in [-0.39, 0.29) is 0 Å². The zero-order valence-corrected chi connectivity index (χ0v) is 15.8. The first-order valence-electron chi connectivity index (χ1n) is 8.05. The molecule has 0 aliphatic carbocycles. The minimum absolute atomic E-state index is 0.406. The van der Waals surface area contributed by atoms with E-state index in [0.29, 0.717) is 15.6 Å². The Kier molecular flexibility index (Phi) is 4.26. The number of aryl methyl sites for hydroxylation is 2. The number of hydrogen-bond donors (Lipinski definition) is 0. The quantitative estimate of drug-likeness (QED) is 0.343. The fourth-order valence-electron chi connectivity index (χ4n) is 2.95. The van der Waals surface area contributed by atoms with Crippen molar-refractivity contribution in [2.75, 3.05) is 0 Å². The molecule has 0 saturated heterocycles. The summed E-state index contributed by atoms with van der Waals surface area (Å²) in [6.07, 6.45) is 3.83. The van der Waals surface area contributed by atoms with Gasteiger partial charge in [-0.15, -0.1) is 11.3 Å². The molecule has 130 valence electrons. The fraction of sp³-hybridized carbons (Fsp3) is 0.100. The predicted octanol–water partition coefficient (Wildman–Crippen LogP) is 5.58. The van der Waals surface area contributed by atoms with Crippen molar-refractivity contribution in [2.45, 2.75) is 13.8 Å². The summed E-state index contributed by atoms with van der Waals surface area (Å²) in [4.78, 5) is 18.9. The van der Waals surface area contributed by atoms with E-state index in [1.807, 2.05) is 49.0 Å². The molecule has 26 heavy (non-hydrogen) atoms. The lowest BCUT2D eigenvalue weighted by molar-refractivity contribution is 0.0740. The van der Waals surface area contributed by atoms with E-state index < -0.39 is 5.97 Å². The van der Waals surface area contributed by atoms with Gasteiger partial charge in [0, 0.05) is 28.5 Å². The number of rotatable bonds is 3. The maximum atomic E-state index is 12.9. The molecule has 0 aliphatic heterocycles. The first-order valence-corrected chi connectivity index (χ1v) is 9.24. The zero-order chi connectivity index (χ0) is 18.3. The lowest BCUT2D eigenvalue weighted by Crippen LogP contribution is -2.09. The molecule has 0 atom stereocenters. The van der Waals surface area contributed by atoms with Crippen molar-refractivity contribution >= 4 is 39.1 Å². The van der Waals surface area contributed by atoms with Crippen LogP contribution in [0.2, 0.25) is 5.02 Å². The number of halogens is 1. The zero-order valence-electron chi connectivity index (χ0n) is 14.2. The lowest BCUT2D eigenvalue weighted by atomic mass is 10.1. The van der Waals surface area contributed by atoms with E-state index >= 15 is 0 Å². The molecule has 3 heterocycles. The van der Waals surface area contributed by atoms with Crippen LogP contribution < -0.4 is 4.74 Å². The summed E-state index contributed by atoms with van der Waals surface area (Å²) in [6, 6.07) is 12.6. The van der Waals surface area contributed by atoms with Crippen molar-refractivity contribution in [3.63, 3.8) is 0 Å². The van der Waals surface area contributed by atoms with Crippen LogP contribution in [0, 0.1) is 13.8 Å². The SMILES string of the molecule is Cc1cc(C)c2c(-n3cccc3)c(C(=O)Oc3ccc(Cl)cc3)sc2n1. The van der Waals surface area contributed by atoms with E-state index in [1.165, 1.54) is 11.3 Å². The average molecular weight is 383 g/mol. The van der Waals surface area contributed by atoms with Crippen molar-refractivity contribution in [2.24, 2.45) is 0 Å². The van der Waals surface area contributed by atoms with Crippen LogP contribution >= 0.6 is 22.9 Å². The molecule has 0 bridgehead atoms. The summed E-state index contributed by atoms with van der Waals surface area (Å²) >= 11 is 7.24. The van der Waals surface area contributed by atoms with Crippen molar-refractivity contribution in [3.05, 3.63) is 76.0 Å². The fourth-order valence-corrected chi connectivity index (χ4v) is 4.25. The van der Waals surface area contributed by atoms with Gasteiger partial charge in [0.1, 0.15) is 15.5 Å². The molecular formula is C20H15ClN2O2S. The maximum Gasteiger partial charge on any atom is 0.355 e. The van der Waals surface area contributed by atoms with Gasteiger partial charge < -0.3 is 9.30 Å².